The zero-order valence-electron chi connectivity index (χ0n) is 7.61. The summed E-state index contributed by atoms with van der Waals surface area (Å²) in [6, 6.07) is 2.79. The first-order valence-electron chi connectivity index (χ1n) is 3.78. The summed E-state index contributed by atoms with van der Waals surface area (Å²) in [5.41, 5.74) is 0.227. The van der Waals surface area contributed by atoms with E-state index < -0.39 is 4.92 Å². The summed E-state index contributed by atoms with van der Waals surface area (Å²) in [6.07, 6.45) is 0. The Balaban J connectivity index is 3.37. The second-order valence-electron chi connectivity index (χ2n) is 2.55. The molecule has 0 unspecified atom stereocenters. The van der Waals surface area contributed by atoms with Gasteiger partial charge in [0.05, 0.1) is 10.5 Å². The molecule has 0 N–H and O–H groups in total. The first kappa shape index (κ1) is 11.0. The molecule has 74 valence electrons. The van der Waals surface area contributed by atoms with E-state index in [1.54, 1.807) is 6.07 Å². The predicted molar refractivity (Wildman–Crippen MR) is 53.1 cm³/mol. The van der Waals surface area contributed by atoms with Gasteiger partial charge in [-0.3, -0.25) is 10.1 Å². The van der Waals surface area contributed by atoms with Crippen LogP contribution in [0.1, 0.15) is 11.3 Å². The van der Waals surface area contributed by atoms with Gasteiger partial charge in [-0.2, -0.15) is 5.26 Å². The molecular formula is C9H4ClN3O2. The van der Waals surface area contributed by atoms with Crippen LogP contribution in [0.5, 0.6) is 0 Å². The van der Waals surface area contributed by atoms with Crippen molar-refractivity contribution >= 4 is 17.3 Å². The fraction of sp³-hybridized carbons (Fsp3) is 0.111. The molecular weight excluding hydrogens is 218 g/mol. The number of aromatic nitrogens is 1. The van der Waals surface area contributed by atoms with Gasteiger partial charge in [-0.25, -0.2) is 4.98 Å². The van der Waals surface area contributed by atoms with Crippen molar-refractivity contribution in [3.63, 3.8) is 0 Å². The fourth-order valence-electron chi connectivity index (χ4n) is 0.933. The largest absolute Gasteiger partial charge is 0.291 e. The summed E-state index contributed by atoms with van der Waals surface area (Å²) in [5, 5.41) is 18.9. The third-order valence-corrected chi connectivity index (χ3v) is 1.88. The van der Waals surface area contributed by atoms with Crippen molar-refractivity contribution in [2.75, 3.05) is 0 Å². The third-order valence-electron chi connectivity index (χ3n) is 1.59. The lowest BCUT2D eigenvalue weighted by Gasteiger charge is -1.98. The van der Waals surface area contributed by atoms with Gasteiger partial charge < -0.3 is 0 Å². The molecule has 6 heteroatoms. The molecule has 0 amide bonds. The highest BCUT2D eigenvalue weighted by atomic mass is 35.5. The Morgan fingerprint density at radius 3 is 2.87 bits per heavy atom. The summed E-state index contributed by atoms with van der Waals surface area (Å²) in [4.78, 5) is 13.8. The summed E-state index contributed by atoms with van der Waals surface area (Å²) in [7, 11) is 0. The van der Waals surface area contributed by atoms with Crippen LogP contribution in [0.15, 0.2) is 6.07 Å². The number of nitrogens with zero attached hydrogens (tertiary/aromatic N) is 3. The maximum absolute atomic E-state index is 10.6. The van der Waals surface area contributed by atoms with Crippen LogP contribution in [0.25, 0.3) is 0 Å². The van der Waals surface area contributed by atoms with Crippen molar-refractivity contribution < 1.29 is 4.92 Å². The van der Waals surface area contributed by atoms with Crippen LogP contribution in [0.4, 0.5) is 5.69 Å². The van der Waals surface area contributed by atoms with Gasteiger partial charge in [-0.1, -0.05) is 11.6 Å². The Hall–Kier alpha value is -2.11. The van der Waals surface area contributed by atoms with E-state index in [4.69, 9.17) is 16.9 Å². The molecule has 0 saturated carbocycles. The number of nitriles is 1. The standard InChI is InChI=1S/C9H4ClN3O2/c1-6-8(13(14)15)5-7(3-2-4-11)9(10)12-6/h5H,1H3. The van der Waals surface area contributed by atoms with Gasteiger partial charge >= 0.3 is 0 Å². The molecule has 0 spiro atoms. The quantitative estimate of drug-likeness (QED) is 0.314. The molecule has 0 aliphatic heterocycles. The third kappa shape index (κ3) is 2.43. The van der Waals surface area contributed by atoms with Crippen LogP contribution in [-0.4, -0.2) is 9.91 Å². The summed E-state index contributed by atoms with van der Waals surface area (Å²) in [5.74, 6) is 4.47. The lowest BCUT2D eigenvalue weighted by Crippen LogP contribution is -1.96. The molecule has 0 saturated heterocycles. The highest BCUT2D eigenvalue weighted by Gasteiger charge is 2.14. The topological polar surface area (TPSA) is 79.8 Å². The van der Waals surface area contributed by atoms with Crippen LogP contribution < -0.4 is 0 Å². The molecule has 5 nitrogen and oxygen atoms in total. The summed E-state index contributed by atoms with van der Waals surface area (Å²) in [6.45, 7) is 1.48. The average Bonchev–Trinajstić information content (AvgIpc) is 2.16. The number of hydrogen-bond donors (Lipinski definition) is 0. The number of rotatable bonds is 1. The van der Waals surface area contributed by atoms with Gasteiger partial charge in [0, 0.05) is 12.0 Å². The van der Waals surface area contributed by atoms with E-state index in [0.717, 1.165) is 0 Å². The van der Waals surface area contributed by atoms with E-state index in [-0.39, 0.29) is 22.1 Å². The molecule has 0 aromatic carbocycles. The number of nitro groups is 1. The maximum atomic E-state index is 10.6. The van der Waals surface area contributed by atoms with E-state index in [0.29, 0.717) is 0 Å². The first-order chi connectivity index (χ1) is 7.06. The van der Waals surface area contributed by atoms with Crippen LogP contribution in [0.3, 0.4) is 0 Å². The highest BCUT2D eigenvalue weighted by Crippen LogP contribution is 2.22. The van der Waals surface area contributed by atoms with Crippen molar-refractivity contribution in [1.29, 1.82) is 5.26 Å². The molecule has 0 aliphatic rings. The van der Waals surface area contributed by atoms with Gasteiger partial charge in [0.15, 0.2) is 6.07 Å². The second-order valence-corrected chi connectivity index (χ2v) is 2.91. The Morgan fingerprint density at radius 2 is 2.33 bits per heavy atom. The van der Waals surface area contributed by atoms with Gasteiger partial charge in [-0.15, -0.1) is 0 Å². The molecule has 0 fully saturated rings. The van der Waals surface area contributed by atoms with Gasteiger partial charge in [-0.05, 0) is 12.8 Å². The Labute approximate surface area is 90.5 Å². The molecule has 0 aliphatic carbocycles. The summed E-state index contributed by atoms with van der Waals surface area (Å²) >= 11 is 5.70. The van der Waals surface area contributed by atoms with Crippen molar-refractivity contribution in [1.82, 2.24) is 4.98 Å². The summed E-state index contributed by atoms with van der Waals surface area (Å²) < 4.78 is 0. The minimum Gasteiger partial charge on any atom is -0.258 e. The normalized spacial score (nSPS) is 8.60. The van der Waals surface area contributed by atoms with Crippen molar-refractivity contribution in [3.8, 4) is 17.9 Å². The van der Waals surface area contributed by atoms with Crippen LogP contribution in [0, 0.1) is 40.2 Å². The van der Waals surface area contributed by atoms with E-state index in [2.05, 4.69) is 16.8 Å². The Kier molecular flexibility index (Phi) is 3.22. The SMILES string of the molecule is Cc1nc(Cl)c(C#CC#N)cc1[N+](=O)[O-]. The molecule has 1 aromatic rings. The van der Waals surface area contributed by atoms with Crippen molar-refractivity contribution in [2.24, 2.45) is 0 Å². The molecule has 15 heavy (non-hydrogen) atoms. The minimum atomic E-state index is -0.573. The number of aryl methyl sites for hydroxylation is 1. The number of pyridine rings is 1. The van der Waals surface area contributed by atoms with E-state index >= 15 is 0 Å². The van der Waals surface area contributed by atoms with Gasteiger partial charge in [0.25, 0.3) is 5.69 Å². The number of hydrogen-bond acceptors (Lipinski definition) is 4. The predicted octanol–water partition coefficient (Wildman–Crippen LogP) is 1.83. The Bertz CT molecular complexity index is 523. The monoisotopic (exact) mass is 221 g/mol. The van der Waals surface area contributed by atoms with E-state index in [1.807, 2.05) is 0 Å². The number of halogens is 1. The minimum absolute atomic E-state index is 0.0563. The first-order valence-corrected chi connectivity index (χ1v) is 4.15. The molecule has 1 rings (SSSR count). The van der Waals surface area contributed by atoms with Crippen LogP contribution >= 0.6 is 11.6 Å². The van der Waals surface area contributed by atoms with Crippen LogP contribution in [0.2, 0.25) is 5.15 Å². The van der Waals surface area contributed by atoms with Crippen molar-refractivity contribution in [2.45, 2.75) is 6.92 Å². The van der Waals surface area contributed by atoms with E-state index in [9.17, 15) is 10.1 Å². The fourth-order valence-corrected chi connectivity index (χ4v) is 1.16. The zero-order chi connectivity index (χ0) is 11.4. The lowest BCUT2D eigenvalue weighted by molar-refractivity contribution is -0.385. The van der Waals surface area contributed by atoms with Gasteiger partial charge in [0.2, 0.25) is 0 Å². The molecule has 0 bridgehead atoms. The zero-order valence-corrected chi connectivity index (χ0v) is 8.37. The van der Waals surface area contributed by atoms with Gasteiger partial charge in [0.1, 0.15) is 10.8 Å². The molecule has 1 heterocycles. The smallest absolute Gasteiger partial charge is 0.258 e. The average molecular weight is 222 g/mol. The molecule has 1 aromatic heterocycles. The van der Waals surface area contributed by atoms with Crippen LogP contribution in [-0.2, 0) is 0 Å². The van der Waals surface area contributed by atoms with E-state index in [1.165, 1.54) is 13.0 Å². The maximum Gasteiger partial charge on any atom is 0.291 e. The van der Waals surface area contributed by atoms with Crippen molar-refractivity contribution in [3.05, 3.63) is 32.6 Å². The Morgan fingerprint density at radius 1 is 1.67 bits per heavy atom. The molecule has 0 atom stereocenters. The lowest BCUT2D eigenvalue weighted by atomic mass is 10.2. The highest BCUT2D eigenvalue weighted by molar-refractivity contribution is 6.30. The molecule has 0 radical (unpaired) electrons. The second kappa shape index (κ2) is 4.41.